The van der Waals surface area contributed by atoms with E-state index in [1.165, 1.54) is 23.7 Å². The zero-order chi connectivity index (χ0) is 13.0. The van der Waals surface area contributed by atoms with Crippen LogP contribution < -0.4 is 5.32 Å². The fourth-order valence-electron chi connectivity index (χ4n) is 4.28. The van der Waals surface area contributed by atoms with E-state index in [1.54, 1.807) is 5.56 Å². The van der Waals surface area contributed by atoms with E-state index in [0.29, 0.717) is 17.4 Å². The predicted octanol–water partition coefficient (Wildman–Crippen LogP) is 3.73. The van der Waals surface area contributed by atoms with Gasteiger partial charge in [-0.25, -0.2) is 0 Å². The summed E-state index contributed by atoms with van der Waals surface area (Å²) in [6.07, 6.45) is 1.38. The summed E-state index contributed by atoms with van der Waals surface area (Å²) in [5.74, 6) is 1.57. The fraction of sp³-hybridized carbons (Fsp3) is 0.444. The average molecular weight is 251 g/mol. The van der Waals surface area contributed by atoms with Gasteiger partial charge in [0.2, 0.25) is 0 Å². The van der Waals surface area contributed by atoms with Gasteiger partial charge >= 0.3 is 0 Å². The predicted molar refractivity (Wildman–Crippen MR) is 80.4 cm³/mol. The molecule has 0 aromatic heterocycles. The standard InChI is InChI=1S/C18H21N/c1-12(2)17-18(10-16(18)11-19-17)15-8-7-13-5-3-4-6-14(13)9-15/h3-9,12,16-17,19H,10-11H2,1-2H3. The first-order chi connectivity index (χ1) is 9.22. The monoisotopic (exact) mass is 251 g/mol. The molecule has 1 saturated heterocycles. The molecule has 19 heavy (non-hydrogen) atoms. The molecule has 4 rings (SSSR count). The van der Waals surface area contributed by atoms with Crippen molar-refractivity contribution in [3.63, 3.8) is 0 Å². The Morgan fingerprint density at radius 1 is 1.11 bits per heavy atom. The smallest absolute Gasteiger partial charge is 0.0190 e. The molecule has 1 heteroatoms. The highest BCUT2D eigenvalue weighted by Crippen LogP contribution is 2.61. The summed E-state index contributed by atoms with van der Waals surface area (Å²) >= 11 is 0. The van der Waals surface area contributed by atoms with Gasteiger partial charge in [0.15, 0.2) is 0 Å². The Morgan fingerprint density at radius 3 is 2.63 bits per heavy atom. The van der Waals surface area contributed by atoms with Crippen LogP contribution in [-0.2, 0) is 5.41 Å². The van der Waals surface area contributed by atoms with Crippen molar-refractivity contribution in [3.8, 4) is 0 Å². The lowest BCUT2D eigenvalue weighted by Crippen LogP contribution is -2.38. The minimum absolute atomic E-state index is 0.429. The number of rotatable bonds is 2. The number of piperidine rings is 1. The summed E-state index contributed by atoms with van der Waals surface area (Å²) in [7, 11) is 0. The van der Waals surface area contributed by atoms with Crippen LogP contribution in [0.4, 0.5) is 0 Å². The molecule has 2 fully saturated rings. The van der Waals surface area contributed by atoms with E-state index in [4.69, 9.17) is 0 Å². The van der Waals surface area contributed by atoms with Gasteiger partial charge in [0.1, 0.15) is 0 Å². The second-order valence-electron chi connectivity index (χ2n) is 6.63. The maximum atomic E-state index is 3.74. The van der Waals surface area contributed by atoms with Crippen molar-refractivity contribution in [2.45, 2.75) is 31.7 Å². The van der Waals surface area contributed by atoms with Crippen molar-refractivity contribution in [2.24, 2.45) is 11.8 Å². The van der Waals surface area contributed by atoms with Crippen LogP contribution >= 0.6 is 0 Å². The van der Waals surface area contributed by atoms with Gasteiger partial charge < -0.3 is 5.32 Å². The molecule has 1 aliphatic carbocycles. The van der Waals surface area contributed by atoms with E-state index in [9.17, 15) is 0 Å². The Bertz CT molecular complexity index is 630. The van der Waals surface area contributed by atoms with Gasteiger partial charge in [0.05, 0.1) is 0 Å². The molecule has 98 valence electrons. The van der Waals surface area contributed by atoms with Crippen LogP contribution in [0.5, 0.6) is 0 Å². The van der Waals surface area contributed by atoms with Crippen LogP contribution in [-0.4, -0.2) is 12.6 Å². The Balaban J connectivity index is 1.82. The summed E-state index contributed by atoms with van der Waals surface area (Å²) in [6.45, 7) is 5.90. The van der Waals surface area contributed by atoms with Gasteiger partial charge in [-0.3, -0.25) is 0 Å². The van der Waals surface area contributed by atoms with Crippen LogP contribution in [0.25, 0.3) is 10.8 Å². The highest BCUT2D eigenvalue weighted by molar-refractivity contribution is 5.83. The zero-order valence-corrected chi connectivity index (χ0v) is 11.7. The molecule has 0 bridgehead atoms. The van der Waals surface area contributed by atoms with Crippen LogP contribution in [0.15, 0.2) is 42.5 Å². The molecule has 3 unspecified atom stereocenters. The first kappa shape index (κ1) is 11.5. The molecule has 2 aliphatic rings. The normalized spacial score (nSPS) is 32.8. The second-order valence-corrected chi connectivity index (χ2v) is 6.63. The van der Waals surface area contributed by atoms with Gasteiger partial charge in [-0.1, -0.05) is 56.3 Å². The zero-order valence-electron chi connectivity index (χ0n) is 11.7. The van der Waals surface area contributed by atoms with E-state index in [2.05, 4.69) is 61.6 Å². The summed E-state index contributed by atoms with van der Waals surface area (Å²) in [4.78, 5) is 0. The van der Waals surface area contributed by atoms with Crippen molar-refractivity contribution in [1.82, 2.24) is 5.32 Å². The number of fused-ring (bicyclic) bond motifs is 2. The first-order valence-corrected chi connectivity index (χ1v) is 7.44. The third-order valence-electron chi connectivity index (χ3n) is 5.25. The average Bonchev–Trinajstić information content (AvgIpc) is 3.04. The van der Waals surface area contributed by atoms with Crippen molar-refractivity contribution >= 4 is 10.8 Å². The molecule has 1 aliphatic heterocycles. The van der Waals surface area contributed by atoms with E-state index < -0.39 is 0 Å². The van der Waals surface area contributed by atoms with Crippen molar-refractivity contribution < 1.29 is 0 Å². The Morgan fingerprint density at radius 2 is 1.89 bits per heavy atom. The molecule has 1 heterocycles. The second kappa shape index (κ2) is 3.83. The molecule has 0 spiro atoms. The Hall–Kier alpha value is -1.34. The third-order valence-corrected chi connectivity index (χ3v) is 5.25. The first-order valence-electron chi connectivity index (χ1n) is 7.44. The number of hydrogen-bond donors (Lipinski definition) is 1. The van der Waals surface area contributed by atoms with Crippen LogP contribution in [0.2, 0.25) is 0 Å². The molecule has 3 atom stereocenters. The lowest BCUT2D eigenvalue weighted by molar-refractivity contribution is 0.373. The molecule has 1 N–H and O–H groups in total. The number of hydrogen-bond acceptors (Lipinski definition) is 1. The van der Waals surface area contributed by atoms with Gasteiger partial charge in [-0.2, -0.15) is 0 Å². The fourth-order valence-corrected chi connectivity index (χ4v) is 4.28. The number of benzene rings is 2. The van der Waals surface area contributed by atoms with E-state index in [1.807, 2.05) is 0 Å². The maximum absolute atomic E-state index is 3.74. The Kier molecular flexibility index (Phi) is 2.32. The molecular formula is C18H21N. The largest absolute Gasteiger partial charge is 0.313 e. The molecule has 1 nitrogen and oxygen atoms in total. The summed E-state index contributed by atoms with van der Waals surface area (Å²) in [6, 6.07) is 16.4. The van der Waals surface area contributed by atoms with Crippen molar-refractivity contribution in [1.29, 1.82) is 0 Å². The molecule has 2 aromatic carbocycles. The minimum atomic E-state index is 0.429. The highest BCUT2D eigenvalue weighted by atomic mass is 15.0. The topological polar surface area (TPSA) is 12.0 Å². The SMILES string of the molecule is CC(C)C1NCC2CC21c1ccc2ccccc2c1. The lowest BCUT2D eigenvalue weighted by Gasteiger charge is -2.28. The molecule has 0 amide bonds. The van der Waals surface area contributed by atoms with E-state index in [0.717, 1.165) is 5.92 Å². The van der Waals surface area contributed by atoms with Crippen molar-refractivity contribution in [2.75, 3.05) is 6.54 Å². The summed E-state index contributed by atoms with van der Waals surface area (Å²) < 4.78 is 0. The molecule has 1 saturated carbocycles. The summed E-state index contributed by atoms with van der Waals surface area (Å²) in [5, 5.41) is 6.48. The van der Waals surface area contributed by atoms with Gasteiger partial charge in [0.25, 0.3) is 0 Å². The molecule has 0 radical (unpaired) electrons. The van der Waals surface area contributed by atoms with Gasteiger partial charge in [-0.05, 0) is 41.1 Å². The van der Waals surface area contributed by atoms with Crippen molar-refractivity contribution in [3.05, 3.63) is 48.0 Å². The molecule has 2 aromatic rings. The van der Waals surface area contributed by atoms with Crippen LogP contribution in [0.3, 0.4) is 0 Å². The van der Waals surface area contributed by atoms with Crippen LogP contribution in [0.1, 0.15) is 25.8 Å². The van der Waals surface area contributed by atoms with Crippen LogP contribution in [0, 0.1) is 11.8 Å². The summed E-state index contributed by atoms with van der Waals surface area (Å²) in [5.41, 5.74) is 1.98. The lowest BCUT2D eigenvalue weighted by atomic mass is 9.81. The highest BCUT2D eigenvalue weighted by Gasteiger charge is 2.64. The molecular weight excluding hydrogens is 230 g/mol. The van der Waals surface area contributed by atoms with E-state index in [-0.39, 0.29) is 0 Å². The van der Waals surface area contributed by atoms with Gasteiger partial charge in [-0.15, -0.1) is 0 Å². The quantitative estimate of drug-likeness (QED) is 0.857. The number of nitrogens with one attached hydrogen (secondary N) is 1. The minimum Gasteiger partial charge on any atom is -0.313 e. The van der Waals surface area contributed by atoms with E-state index >= 15 is 0 Å². The van der Waals surface area contributed by atoms with Gasteiger partial charge in [0, 0.05) is 11.5 Å². The Labute approximate surface area is 115 Å². The third kappa shape index (κ3) is 1.51. The maximum Gasteiger partial charge on any atom is 0.0190 e.